The molecule has 1 N–H and O–H groups in total. The molecule has 1 heterocycles. The van der Waals surface area contributed by atoms with Crippen LogP contribution in [0.15, 0.2) is 29.6 Å². The number of aryl methyl sites for hydroxylation is 2. The lowest BCUT2D eigenvalue weighted by molar-refractivity contribution is -0.116. The van der Waals surface area contributed by atoms with Crippen molar-refractivity contribution in [2.24, 2.45) is 28.3 Å². The maximum Gasteiger partial charge on any atom is 0.226 e. The number of fused-ring (bicyclic) bond motifs is 5. The Morgan fingerprint density at radius 1 is 1.32 bits per heavy atom. The fourth-order valence-corrected chi connectivity index (χ4v) is 7.87. The van der Waals surface area contributed by atoms with Gasteiger partial charge in [0, 0.05) is 22.9 Å². The zero-order valence-electron chi connectivity index (χ0n) is 20.6. The molecule has 3 unspecified atom stereocenters. The van der Waals surface area contributed by atoms with Gasteiger partial charge in [0.2, 0.25) is 5.91 Å². The van der Waals surface area contributed by atoms with E-state index in [9.17, 15) is 4.79 Å². The first kappa shape index (κ1) is 23.3. The van der Waals surface area contributed by atoms with Crippen LogP contribution >= 0.6 is 11.3 Å². The van der Waals surface area contributed by atoms with Gasteiger partial charge < -0.3 is 14.9 Å². The van der Waals surface area contributed by atoms with E-state index in [-0.39, 0.29) is 11.3 Å². The number of amides is 1. The highest BCUT2D eigenvalue weighted by Gasteiger charge is 2.57. The van der Waals surface area contributed by atoms with E-state index in [4.69, 9.17) is 9.57 Å². The molecule has 182 valence electrons. The Hall–Kier alpha value is -2.41. The summed E-state index contributed by atoms with van der Waals surface area (Å²) in [6.07, 6.45) is 8.69. The van der Waals surface area contributed by atoms with Gasteiger partial charge in [-0.2, -0.15) is 0 Å². The smallest absolute Gasteiger partial charge is 0.226 e. The van der Waals surface area contributed by atoms with Crippen LogP contribution in [0.2, 0.25) is 0 Å². The summed E-state index contributed by atoms with van der Waals surface area (Å²) in [7, 11) is 3.39. The zero-order chi connectivity index (χ0) is 23.9. The molecule has 3 aliphatic carbocycles. The molecule has 0 aliphatic heterocycles. The van der Waals surface area contributed by atoms with Crippen molar-refractivity contribution >= 4 is 28.1 Å². The molecule has 0 spiro atoms. The van der Waals surface area contributed by atoms with Gasteiger partial charge in [0.1, 0.15) is 12.9 Å². The zero-order valence-corrected chi connectivity index (χ0v) is 21.4. The summed E-state index contributed by atoms with van der Waals surface area (Å²) in [6.45, 7) is 4.40. The molecule has 1 aromatic carbocycles. The molecule has 2 fully saturated rings. The molecule has 2 saturated carbocycles. The van der Waals surface area contributed by atoms with Gasteiger partial charge in [-0.05, 0) is 92.4 Å². The molecule has 5 rings (SSSR count). The van der Waals surface area contributed by atoms with Gasteiger partial charge in [0.05, 0.1) is 12.8 Å². The van der Waals surface area contributed by atoms with E-state index in [1.165, 1.54) is 41.0 Å². The predicted octanol–water partition coefficient (Wildman–Crippen LogP) is 5.96. The molecule has 0 radical (unpaired) electrons. The van der Waals surface area contributed by atoms with Crippen LogP contribution in [0.25, 0.3) is 0 Å². The summed E-state index contributed by atoms with van der Waals surface area (Å²) in [5.74, 6) is 3.15. The van der Waals surface area contributed by atoms with Gasteiger partial charge >= 0.3 is 0 Å². The number of methoxy groups -OCH3 is 1. The lowest BCUT2D eigenvalue weighted by Gasteiger charge is -2.50. The van der Waals surface area contributed by atoms with E-state index in [2.05, 4.69) is 40.6 Å². The first-order valence-electron chi connectivity index (χ1n) is 12.4. The molecule has 0 bridgehead atoms. The molecule has 1 aromatic heterocycles. The van der Waals surface area contributed by atoms with E-state index in [0.717, 1.165) is 36.3 Å². The van der Waals surface area contributed by atoms with Gasteiger partial charge in [-0.3, -0.25) is 4.79 Å². The number of carbonyl (C=O) groups excluding carboxylic acids is 1. The number of anilines is 1. The highest BCUT2D eigenvalue weighted by Crippen LogP contribution is 2.62. The average Bonchev–Trinajstić information content (AvgIpc) is 3.37. The molecule has 2 aromatic rings. The summed E-state index contributed by atoms with van der Waals surface area (Å²) < 4.78 is 5.49. The van der Waals surface area contributed by atoms with E-state index >= 15 is 0 Å². The fourth-order valence-electron chi connectivity index (χ4n) is 7.19. The second kappa shape index (κ2) is 9.33. The quantitative estimate of drug-likeness (QED) is 0.517. The van der Waals surface area contributed by atoms with Crippen LogP contribution in [0.3, 0.4) is 0 Å². The Balaban J connectivity index is 1.37. The largest absolute Gasteiger partial charge is 0.497 e. The van der Waals surface area contributed by atoms with Gasteiger partial charge in [-0.25, -0.2) is 4.98 Å². The monoisotopic (exact) mass is 481 g/mol. The van der Waals surface area contributed by atoms with Crippen LogP contribution in [0.4, 0.5) is 5.13 Å². The van der Waals surface area contributed by atoms with Gasteiger partial charge in [-0.1, -0.05) is 18.1 Å². The van der Waals surface area contributed by atoms with E-state index in [0.29, 0.717) is 35.2 Å². The van der Waals surface area contributed by atoms with Crippen molar-refractivity contribution in [2.45, 2.75) is 64.7 Å². The number of aromatic nitrogens is 1. The number of ether oxygens (including phenoxy) is 1. The molecule has 34 heavy (non-hydrogen) atoms. The van der Waals surface area contributed by atoms with Crippen LogP contribution in [0, 0.1) is 30.1 Å². The van der Waals surface area contributed by atoms with Crippen molar-refractivity contribution in [1.82, 2.24) is 4.98 Å². The van der Waals surface area contributed by atoms with Gasteiger partial charge in [0.25, 0.3) is 0 Å². The van der Waals surface area contributed by atoms with Crippen LogP contribution < -0.4 is 10.1 Å². The van der Waals surface area contributed by atoms with Gasteiger partial charge in [0.15, 0.2) is 5.13 Å². The third-order valence-electron chi connectivity index (χ3n) is 8.62. The van der Waals surface area contributed by atoms with Crippen molar-refractivity contribution < 1.29 is 14.4 Å². The average molecular weight is 482 g/mol. The Kier molecular flexibility index (Phi) is 6.40. The third kappa shape index (κ3) is 4.12. The first-order chi connectivity index (χ1) is 16.4. The van der Waals surface area contributed by atoms with Crippen LogP contribution in [-0.2, 0) is 16.1 Å². The standard InChI is InChI=1S/C27H35N3O3S/c1-16-15-28-26(34-16)29-24(31)10-6-18-14-23(30-33-4)27(2)12-11-21-20-9-7-19(32-3)13-17(20)5-8-22(21)25(18)27/h7,9,13,15,18,21-22,25H,5-6,8,10-12,14H2,1-4H3,(H,28,29,31)/b30-23+/t18-,21?,22?,25?,27-/m1/s1. The van der Waals surface area contributed by atoms with Crippen LogP contribution in [-0.4, -0.2) is 30.8 Å². The first-order valence-corrected chi connectivity index (χ1v) is 13.2. The maximum atomic E-state index is 12.7. The SMILES string of the molecule is CO/N=C1\C[C@@H](CCC(=O)Nc2ncc(C)s2)C2C3CCc4cc(OC)ccc4C3CC[C@]12C. The number of carbonyl (C=O) groups is 1. The fraction of sp³-hybridized carbons (Fsp3) is 0.593. The van der Waals surface area contributed by atoms with Crippen molar-refractivity contribution in [3.05, 3.63) is 40.4 Å². The number of hydrogen-bond donors (Lipinski definition) is 1. The number of rotatable bonds is 6. The van der Waals surface area contributed by atoms with Crippen molar-refractivity contribution in [1.29, 1.82) is 0 Å². The summed E-state index contributed by atoms with van der Waals surface area (Å²) >= 11 is 1.52. The molecule has 5 atom stereocenters. The Labute approximate surface area is 206 Å². The molecule has 1 amide bonds. The van der Waals surface area contributed by atoms with Gasteiger partial charge in [-0.15, -0.1) is 11.3 Å². The number of thiazole rings is 1. The summed E-state index contributed by atoms with van der Waals surface area (Å²) in [5.41, 5.74) is 4.20. The summed E-state index contributed by atoms with van der Waals surface area (Å²) in [5, 5.41) is 8.20. The Bertz CT molecular complexity index is 1100. The number of hydrogen-bond acceptors (Lipinski definition) is 6. The normalized spacial score (nSPS) is 30.9. The lowest BCUT2D eigenvalue weighted by atomic mass is 9.54. The lowest BCUT2D eigenvalue weighted by Crippen LogP contribution is -2.44. The van der Waals surface area contributed by atoms with Crippen molar-refractivity contribution in [3.63, 3.8) is 0 Å². The minimum Gasteiger partial charge on any atom is -0.497 e. The molecular formula is C27H35N3O3S. The Morgan fingerprint density at radius 3 is 2.91 bits per heavy atom. The van der Waals surface area contributed by atoms with E-state index in [1.54, 1.807) is 20.4 Å². The van der Waals surface area contributed by atoms with E-state index in [1.807, 2.05) is 6.92 Å². The topological polar surface area (TPSA) is 72.8 Å². The van der Waals surface area contributed by atoms with Crippen molar-refractivity contribution in [3.8, 4) is 5.75 Å². The maximum absolute atomic E-state index is 12.7. The Morgan fingerprint density at radius 2 is 2.18 bits per heavy atom. The third-order valence-corrected chi connectivity index (χ3v) is 9.45. The molecule has 7 heteroatoms. The van der Waals surface area contributed by atoms with Crippen molar-refractivity contribution in [2.75, 3.05) is 19.5 Å². The number of nitrogens with zero attached hydrogens (tertiary/aromatic N) is 2. The summed E-state index contributed by atoms with van der Waals surface area (Å²) in [4.78, 5) is 23.4. The summed E-state index contributed by atoms with van der Waals surface area (Å²) in [6, 6.07) is 6.64. The number of oxime groups is 1. The highest BCUT2D eigenvalue weighted by molar-refractivity contribution is 7.15. The number of nitrogens with one attached hydrogen (secondary N) is 1. The molecule has 6 nitrogen and oxygen atoms in total. The second-order valence-corrected chi connectivity index (χ2v) is 11.6. The van der Waals surface area contributed by atoms with E-state index < -0.39 is 0 Å². The minimum atomic E-state index is 0.0503. The van der Waals surface area contributed by atoms with Crippen LogP contribution in [0.5, 0.6) is 5.75 Å². The predicted molar refractivity (Wildman–Crippen MR) is 136 cm³/mol. The molecule has 3 aliphatic rings. The number of benzene rings is 1. The van der Waals surface area contributed by atoms with Crippen LogP contribution in [0.1, 0.15) is 67.4 Å². The molecule has 0 saturated heterocycles. The highest BCUT2D eigenvalue weighted by atomic mass is 32.1. The minimum absolute atomic E-state index is 0.0503. The molecular weight excluding hydrogens is 446 g/mol. The second-order valence-electron chi connectivity index (χ2n) is 10.4.